The van der Waals surface area contributed by atoms with Crippen molar-refractivity contribution in [2.45, 2.75) is 45.4 Å². The second-order valence-electron chi connectivity index (χ2n) is 5.68. The van der Waals surface area contributed by atoms with Crippen molar-refractivity contribution in [3.63, 3.8) is 0 Å². The molecule has 1 fully saturated rings. The molecule has 0 aliphatic heterocycles. The minimum atomic E-state index is -0.508. The normalized spacial score (nSPS) is 21.6. The third kappa shape index (κ3) is 4.04. The van der Waals surface area contributed by atoms with Gasteiger partial charge in [0.2, 0.25) is 0 Å². The van der Waals surface area contributed by atoms with Crippen molar-refractivity contribution in [1.29, 1.82) is 5.26 Å². The van der Waals surface area contributed by atoms with Gasteiger partial charge in [-0.25, -0.2) is 4.39 Å². The first-order chi connectivity index (χ1) is 10.1. The van der Waals surface area contributed by atoms with Crippen LogP contribution in [0, 0.1) is 29.0 Å². The predicted molar refractivity (Wildman–Crippen MR) is 77.1 cm³/mol. The van der Waals surface area contributed by atoms with Crippen molar-refractivity contribution >= 4 is 5.97 Å². The van der Waals surface area contributed by atoms with E-state index in [1.54, 1.807) is 0 Å². The van der Waals surface area contributed by atoms with Gasteiger partial charge in [-0.05, 0) is 49.8 Å². The summed E-state index contributed by atoms with van der Waals surface area (Å²) in [7, 11) is 0. The summed E-state index contributed by atoms with van der Waals surface area (Å²) in [5.41, 5.74) is 0.0584. The van der Waals surface area contributed by atoms with Crippen LogP contribution in [-0.2, 0) is 4.79 Å². The lowest BCUT2D eigenvalue weighted by molar-refractivity contribution is -0.140. The van der Waals surface area contributed by atoms with Crippen LogP contribution in [0.4, 0.5) is 4.39 Å². The van der Waals surface area contributed by atoms with Crippen LogP contribution in [0.1, 0.15) is 51.0 Å². The standard InChI is InChI=1S/C17H20FNO2/c1-2-3-12-4-6-13(7-5-12)17(20)21-16-9-8-15(18)10-14(16)11-19/h8-10,12-13H,2-7H2,1H3/t12-,13-. The molecule has 0 heterocycles. The number of hydrogen-bond acceptors (Lipinski definition) is 3. The molecule has 0 radical (unpaired) electrons. The van der Waals surface area contributed by atoms with Gasteiger partial charge < -0.3 is 4.74 Å². The molecule has 0 amide bonds. The smallest absolute Gasteiger partial charge is 0.314 e. The zero-order valence-electron chi connectivity index (χ0n) is 12.3. The summed E-state index contributed by atoms with van der Waals surface area (Å²) in [6.45, 7) is 2.18. The summed E-state index contributed by atoms with van der Waals surface area (Å²) < 4.78 is 18.3. The lowest BCUT2D eigenvalue weighted by Crippen LogP contribution is -2.25. The zero-order chi connectivity index (χ0) is 15.2. The number of ether oxygens (including phenoxy) is 1. The molecule has 21 heavy (non-hydrogen) atoms. The van der Waals surface area contributed by atoms with E-state index < -0.39 is 5.82 Å². The highest BCUT2D eigenvalue weighted by Crippen LogP contribution is 2.32. The number of rotatable bonds is 4. The van der Waals surface area contributed by atoms with E-state index in [1.807, 2.05) is 6.07 Å². The zero-order valence-corrected chi connectivity index (χ0v) is 12.3. The van der Waals surface area contributed by atoms with Crippen molar-refractivity contribution in [2.24, 2.45) is 11.8 Å². The predicted octanol–water partition coefficient (Wildman–Crippen LogP) is 4.21. The Morgan fingerprint density at radius 1 is 1.38 bits per heavy atom. The quantitative estimate of drug-likeness (QED) is 0.616. The molecule has 0 bridgehead atoms. The summed E-state index contributed by atoms with van der Waals surface area (Å²) in [5, 5.41) is 8.95. The number of esters is 1. The van der Waals surface area contributed by atoms with Gasteiger partial charge in [0.15, 0.2) is 0 Å². The summed E-state index contributed by atoms with van der Waals surface area (Å²) in [6, 6.07) is 5.47. The molecule has 0 saturated heterocycles. The first kappa shape index (κ1) is 15.5. The van der Waals surface area contributed by atoms with Crippen LogP contribution >= 0.6 is 0 Å². The summed E-state index contributed by atoms with van der Waals surface area (Å²) in [5.74, 6) is -0.0340. The molecule has 1 aliphatic carbocycles. The van der Waals surface area contributed by atoms with Crippen molar-refractivity contribution in [3.8, 4) is 11.8 Å². The maximum Gasteiger partial charge on any atom is 0.314 e. The fraction of sp³-hybridized carbons (Fsp3) is 0.529. The molecular weight excluding hydrogens is 269 g/mol. The molecule has 4 heteroatoms. The van der Waals surface area contributed by atoms with Crippen molar-refractivity contribution in [3.05, 3.63) is 29.6 Å². The van der Waals surface area contributed by atoms with E-state index in [4.69, 9.17) is 10.00 Å². The molecule has 1 aromatic rings. The maximum absolute atomic E-state index is 13.1. The maximum atomic E-state index is 13.1. The molecule has 0 atom stereocenters. The van der Waals surface area contributed by atoms with E-state index in [1.165, 1.54) is 25.0 Å². The van der Waals surface area contributed by atoms with Crippen molar-refractivity contribution in [1.82, 2.24) is 0 Å². The molecule has 3 nitrogen and oxygen atoms in total. The number of carbonyl (C=O) groups excluding carboxylic acids is 1. The highest BCUT2D eigenvalue weighted by molar-refractivity contribution is 5.76. The number of hydrogen-bond donors (Lipinski definition) is 0. The number of carbonyl (C=O) groups is 1. The van der Waals surface area contributed by atoms with Crippen LogP contribution < -0.4 is 4.74 Å². The molecule has 1 saturated carbocycles. The molecule has 1 aliphatic rings. The Balaban J connectivity index is 1.95. The Morgan fingerprint density at radius 2 is 2.10 bits per heavy atom. The van der Waals surface area contributed by atoms with Crippen LogP contribution in [0.25, 0.3) is 0 Å². The van der Waals surface area contributed by atoms with Crippen LogP contribution in [0.15, 0.2) is 18.2 Å². The number of nitriles is 1. The van der Waals surface area contributed by atoms with Crippen LogP contribution in [-0.4, -0.2) is 5.97 Å². The Labute approximate surface area is 124 Å². The minimum absolute atomic E-state index is 0.0584. The summed E-state index contributed by atoms with van der Waals surface area (Å²) in [6.07, 6.45) is 6.20. The molecule has 2 rings (SSSR count). The lowest BCUT2D eigenvalue weighted by atomic mass is 9.80. The first-order valence-corrected chi connectivity index (χ1v) is 7.55. The fourth-order valence-corrected chi connectivity index (χ4v) is 2.97. The SMILES string of the molecule is CCC[C@H]1CC[C@H](C(=O)Oc2ccc(F)cc2C#N)CC1. The van der Waals surface area contributed by atoms with E-state index in [0.717, 1.165) is 37.7 Å². The first-order valence-electron chi connectivity index (χ1n) is 7.55. The molecular formula is C17H20FNO2. The summed E-state index contributed by atoms with van der Waals surface area (Å²) in [4.78, 5) is 12.2. The van der Waals surface area contributed by atoms with Crippen molar-refractivity contribution in [2.75, 3.05) is 0 Å². The second kappa shape index (κ2) is 7.21. The van der Waals surface area contributed by atoms with Crippen LogP contribution in [0.3, 0.4) is 0 Å². The second-order valence-corrected chi connectivity index (χ2v) is 5.68. The largest absolute Gasteiger partial charge is 0.425 e. The van der Waals surface area contributed by atoms with Gasteiger partial charge >= 0.3 is 5.97 Å². The van der Waals surface area contributed by atoms with E-state index in [0.29, 0.717) is 0 Å². The van der Waals surface area contributed by atoms with Gasteiger partial charge in [0.05, 0.1) is 11.5 Å². The van der Waals surface area contributed by atoms with Gasteiger partial charge in [-0.2, -0.15) is 5.26 Å². The minimum Gasteiger partial charge on any atom is -0.425 e. The average molecular weight is 289 g/mol. The van der Waals surface area contributed by atoms with Gasteiger partial charge in [0.25, 0.3) is 0 Å². The van der Waals surface area contributed by atoms with Crippen LogP contribution in [0.2, 0.25) is 0 Å². The highest BCUT2D eigenvalue weighted by atomic mass is 19.1. The van der Waals surface area contributed by atoms with Crippen molar-refractivity contribution < 1.29 is 13.9 Å². The Bertz CT molecular complexity index is 542. The van der Waals surface area contributed by atoms with Gasteiger partial charge in [0.1, 0.15) is 17.6 Å². The molecule has 0 unspecified atom stereocenters. The lowest BCUT2D eigenvalue weighted by Gasteiger charge is -2.26. The van der Waals surface area contributed by atoms with E-state index in [9.17, 15) is 9.18 Å². The van der Waals surface area contributed by atoms with Gasteiger partial charge in [-0.3, -0.25) is 4.79 Å². The Kier molecular flexibility index (Phi) is 5.32. The molecule has 0 aromatic heterocycles. The van der Waals surface area contributed by atoms with Gasteiger partial charge in [-0.15, -0.1) is 0 Å². The van der Waals surface area contributed by atoms with E-state index in [-0.39, 0.29) is 23.2 Å². The average Bonchev–Trinajstić information content (AvgIpc) is 2.50. The van der Waals surface area contributed by atoms with E-state index in [2.05, 4.69) is 6.92 Å². The van der Waals surface area contributed by atoms with Crippen LogP contribution in [0.5, 0.6) is 5.75 Å². The Morgan fingerprint density at radius 3 is 2.71 bits per heavy atom. The Hall–Kier alpha value is -1.89. The topological polar surface area (TPSA) is 50.1 Å². The monoisotopic (exact) mass is 289 g/mol. The number of halogens is 1. The van der Waals surface area contributed by atoms with Gasteiger partial charge in [-0.1, -0.05) is 19.8 Å². The third-order valence-corrected chi connectivity index (χ3v) is 4.15. The molecule has 0 N–H and O–H groups in total. The highest BCUT2D eigenvalue weighted by Gasteiger charge is 2.27. The molecule has 112 valence electrons. The molecule has 1 aromatic carbocycles. The third-order valence-electron chi connectivity index (χ3n) is 4.15. The van der Waals surface area contributed by atoms with E-state index >= 15 is 0 Å². The fourth-order valence-electron chi connectivity index (χ4n) is 2.97. The molecule has 0 spiro atoms. The van der Waals surface area contributed by atoms with Gasteiger partial charge in [0, 0.05) is 0 Å². The summed E-state index contributed by atoms with van der Waals surface area (Å²) >= 11 is 0. The number of benzene rings is 1. The number of nitrogens with zero attached hydrogens (tertiary/aromatic N) is 1.